The van der Waals surface area contributed by atoms with Crippen LogP contribution in [0.25, 0.3) is 0 Å². The molecule has 3 aromatic rings. The Morgan fingerprint density at radius 2 is 1.54 bits per heavy atom. The fraction of sp³-hybridized carbons (Fsp3) is 0.0500. The summed E-state index contributed by atoms with van der Waals surface area (Å²) in [6.45, 7) is 1.40. The number of aromatic nitrogens is 1. The van der Waals surface area contributed by atoms with Gasteiger partial charge in [0.05, 0.1) is 23.1 Å². The van der Waals surface area contributed by atoms with E-state index in [1.807, 2.05) is 0 Å². The Bertz CT molecular complexity index is 1020. The molecule has 0 unspecified atom stereocenters. The second-order valence-corrected chi connectivity index (χ2v) is 5.92. The summed E-state index contributed by atoms with van der Waals surface area (Å²) in [6.07, 6.45) is 2.79. The van der Waals surface area contributed by atoms with Crippen LogP contribution in [0.4, 0.5) is 31.5 Å². The first-order chi connectivity index (χ1) is 13.4. The van der Waals surface area contributed by atoms with Crippen LogP contribution in [0.15, 0.2) is 60.9 Å². The number of amides is 2. The van der Waals surface area contributed by atoms with Crippen molar-refractivity contribution in [3.05, 3.63) is 78.1 Å². The molecule has 0 saturated heterocycles. The SMILES string of the molecule is CC(=O)Nc1ccc(NC(=O)c2cncc(Nc3ccc(F)cc3F)c2)cc1. The monoisotopic (exact) mass is 382 g/mol. The van der Waals surface area contributed by atoms with Gasteiger partial charge in [-0.05, 0) is 42.5 Å². The highest BCUT2D eigenvalue weighted by Crippen LogP contribution is 2.21. The van der Waals surface area contributed by atoms with E-state index in [4.69, 9.17) is 0 Å². The Morgan fingerprint density at radius 3 is 2.18 bits per heavy atom. The molecule has 142 valence electrons. The molecule has 8 heteroatoms. The highest BCUT2D eigenvalue weighted by atomic mass is 19.1. The van der Waals surface area contributed by atoms with E-state index in [0.717, 1.165) is 12.1 Å². The molecule has 0 aliphatic heterocycles. The second-order valence-electron chi connectivity index (χ2n) is 5.92. The third kappa shape index (κ3) is 4.88. The fourth-order valence-electron chi connectivity index (χ4n) is 2.42. The molecule has 0 aliphatic rings. The molecule has 1 heterocycles. The number of nitrogens with zero attached hydrogens (tertiary/aromatic N) is 1. The number of nitrogens with one attached hydrogen (secondary N) is 3. The van der Waals surface area contributed by atoms with Gasteiger partial charge in [-0.25, -0.2) is 8.78 Å². The molecular formula is C20H16F2N4O2. The Balaban J connectivity index is 1.70. The molecule has 0 atom stereocenters. The molecule has 28 heavy (non-hydrogen) atoms. The van der Waals surface area contributed by atoms with Gasteiger partial charge in [0.15, 0.2) is 0 Å². The normalized spacial score (nSPS) is 10.2. The Morgan fingerprint density at radius 1 is 0.857 bits per heavy atom. The molecule has 3 rings (SSSR count). The molecule has 0 saturated carbocycles. The molecule has 0 fully saturated rings. The lowest BCUT2D eigenvalue weighted by atomic mass is 10.2. The minimum absolute atomic E-state index is 0.0642. The Labute approximate surface area is 159 Å². The van der Waals surface area contributed by atoms with Gasteiger partial charge >= 0.3 is 0 Å². The third-order valence-corrected chi connectivity index (χ3v) is 3.67. The zero-order chi connectivity index (χ0) is 20.1. The maximum absolute atomic E-state index is 13.8. The number of rotatable bonds is 5. The van der Waals surface area contributed by atoms with Gasteiger partial charge in [-0.3, -0.25) is 14.6 Å². The van der Waals surface area contributed by atoms with Crippen LogP contribution in [0.5, 0.6) is 0 Å². The van der Waals surface area contributed by atoms with E-state index in [2.05, 4.69) is 20.9 Å². The van der Waals surface area contributed by atoms with Gasteiger partial charge in [0.2, 0.25) is 5.91 Å². The van der Waals surface area contributed by atoms with Gasteiger partial charge in [-0.2, -0.15) is 0 Å². The lowest BCUT2D eigenvalue weighted by Gasteiger charge is -2.10. The summed E-state index contributed by atoms with van der Waals surface area (Å²) >= 11 is 0. The molecule has 0 aliphatic carbocycles. The van der Waals surface area contributed by atoms with Gasteiger partial charge in [0.1, 0.15) is 11.6 Å². The summed E-state index contributed by atoms with van der Waals surface area (Å²) in [5.41, 5.74) is 1.83. The Hall–Kier alpha value is -3.81. The Kier molecular flexibility index (Phi) is 5.59. The summed E-state index contributed by atoms with van der Waals surface area (Å²) in [5.74, 6) is -2.04. The second kappa shape index (κ2) is 8.26. The number of halogens is 2. The smallest absolute Gasteiger partial charge is 0.257 e. The van der Waals surface area contributed by atoms with Crippen LogP contribution in [-0.2, 0) is 4.79 Å². The highest BCUT2D eigenvalue weighted by Gasteiger charge is 2.10. The summed E-state index contributed by atoms with van der Waals surface area (Å²) in [4.78, 5) is 27.4. The van der Waals surface area contributed by atoms with Crippen molar-refractivity contribution < 1.29 is 18.4 Å². The fourth-order valence-corrected chi connectivity index (χ4v) is 2.42. The standard InChI is InChI=1S/C20H16F2N4O2/c1-12(27)24-15-3-5-16(6-4-15)26-20(28)13-8-17(11-23-10-13)25-19-7-2-14(21)9-18(19)22/h2-11,25H,1H3,(H,24,27)(H,26,28). The van der Waals surface area contributed by atoms with Gasteiger partial charge in [-0.1, -0.05) is 0 Å². The highest BCUT2D eigenvalue weighted by molar-refractivity contribution is 6.04. The summed E-state index contributed by atoms with van der Waals surface area (Å²) in [6, 6.07) is 11.2. The van der Waals surface area contributed by atoms with Crippen molar-refractivity contribution in [3.8, 4) is 0 Å². The lowest BCUT2D eigenvalue weighted by Crippen LogP contribution is -2.13. The van der Waals surface area contributed by atoms with Crippen molar-refractivity contribution in [1.29, 1.82) is 0 Å². The van der Waals surface area contributed by atoms with Crippen LogP contribution in [0.3, 0.4) is 0 Å². The average Bonchev–Trinajstić information content (AvgIpc) is 2.65. The van der Waals surface area contributed by atoms with Gasteiger partial charge in [-0.15, -0.1) is 0 Å². The number of hydrogen-bond acceptors (Lipinski definition) is 4. The van der Waals surface area contributed by atoms with Gasteiger partial charge in [0, 0.05) is 30.6 Å². The quantitative estimate of drug-likeness (QED) is 0.614. The van der Waals surface area contributed by atoms with Crippen LogP contribution < -0.4 is 16.0 Å². The van der Waals surface area contributed by atoms with Crippen molar-refractivity contribution in [1.82, 2.24) is 4.98 Å². The van der Waals surface area contributed by atoms with E-state index in [9.17, 15) is 18.4 Å². The van der Waals surface area contributed by atoms with Crippen LogP contribution in [0.1, 0.15) is 17.3 Å². The number of pyridine rings is 1. The number of carbonyl (C=O) groups excluding carboxylic acids is 2. The van der Waals surface area contributed by atoms with Gasteiger partial charge < -0.3 is 16.0 Å². The number of benzene rings is 2. The molecule has 2 amide bonds. The minimum Gasteiger partial charge on any atom is -0.352 e. The predicted octanol–water partition coefficient (Wildman–Crippen LogP) is 4.31. The average molecular weight is 382 g/mol. The molecule has 1 aromatic heterocycles. The van der Waals surface area contributed by atoms with Crippen LogP contribution in [-0.4, -0.2) is 16.8 Å². The van der Waals surface area contributed by atoms with Crippen molar-refractivity contribution in [3.63, 3.8) is 0 Å². The predicted molar refractivity (Wildman–Crippen MR) is 103 cm³/mol. The summed E-state index contributed by atoms with van der Waals surface area (Å²) in [7, 11) is 0. The maximum Gasteiger partial charge on any atom is 0.257 e. The summed E-state index contributed by atoms with van der Waals surface area (Å²) < 4.78 is 26.8. The number of anilines is 4. The summed E-state index contributed by atoms with van der Waals surface area (Å²) in [5, 5.41) is 8.10. The van der Waals surface area contributed by atoms with E-state index in [-0.39, 0.29) is 17.2 Å². The molecule has 6 nitrogen and oxygen atoms in total. The molecule has 2 aromatic carbocycles. The maximum atomic E-state index is 13.8. The van der Waals surface area contributed by atoms with E-state index in [1.165, 1.54) is 31.5 Å². The molecule has 0 radical (unpaired) electrons. The third-order valence-electron chi connectivity index (χ3n) is 3.67. The molecule has 0 spiro atoms. The molecular weight excluding hydrogens is 366 g/mol. The number of hydrogen-bond donors (Lipinski definition) is 3. The van der Waals surface area contributed by atoms with E-state index in [1.54, 1.807) is 24.3 Å². The first-order valence-electron chi connectivity index (χ1n) is 8.27. The minimum atomic E-state index is -0.755. The zero-order valence-electron chi connectivity index (χ0n) is 14.8. The first kappa shape index (κ1) is 19.0. The van der Waals surface area contributed by atoms with Crippen molar-refractivity contribution in [2.45, 2.75) is 6.92 Å². The van der Waals surface area contributed by atoms with E-state index < -0.39 is 17.5 Å². The van der Waals surface area contributed by atoms with Gasteiger partial charge in [0.25, 0.3) is 5.91 Å². The van der Waals surface area contributed by atoms with E-state index in [0.29, 0.717) is 17.1 Å². The molecule has 3 N–H and O–H groups in total. The van der Waals surface area contributed by atoms with Crippen LogP contribution in [0, 0.1) is 11.6 Å². The van der Waals surface area contributed by atoms with Crippen molar-refractivity contribution in [2.24, 2.45) is 0 Å². The zero-order valence-corrected chi connectivity index (χ0v) is 14.8. The topological polar surface area (TPSA) is 83.1 Å². The number of carbonyl (C=O) groups is 2. The van der Waals surface area contributed by atoms with Crippen LogP contribution >= 0.6 is 0 Å². The molecule has 0 bridgehead atoms. The first-order valence-corrected chi connectivity index (χ1v) is 8.27. The van der Waals surface area contributed by atoms with Crippen molar-refractivity contribution >= 4 is 34.6 Å². The van der Waals surface area contributed by atoms with Crippen molar-refractivity contribution in [2.75, 3.05) is 16.0 Å². The van der Waals surface area contributed by atoms with Crippen LogP contribution in [0.2, 0.25) is 0 Å². The largest absolute Gasteiger partial charge is 0.352 e. The van der Waals surface area contributed by atoms with E-state index >= 15 is 0 Å². The lowest BCUT2D eigenvalue weighted by molar-refractivity contribution is -0.114.